The number of likely N-dealkylation sites (N-methyl/N-ethyl adjacent to an activating group) is 1. The molecule has 0 saturated heterocycles. The number of hydrogen-bond donors (Lipinski definition) is 0. The van der Waals surface area contributed by atoms with Gasteiger partial charge in [0, 0.05) is 11.0 Å². The third kappa shape index (κ3) is 6.37. The van der Waals surface area contributed by atoms with E-state index in [1.54, 1.807) is 6.92 Å². The number of carbonyl (C=O) groups is 1. The highest BCUT2D eigenvalue weighted by Crippen LogP contribution is 2.01. The van der Waals surface area contributed by atoms with E-state index in [4.69, 9.17) is 4.74 Å². The van der Waals surface area contributed by atoms with Gasteiger partial charge < -0.3 is 4.74 Å². The minimum absolute atomic E-state index is 0.200. The molecule has 70 valence electrons. The summed E-state index contributed by atoms with van der Waals surface area (Å²) in [5.41, 5.74) is 0. The van der Waals surface area contributed by atoms with Gasteiger partial charge >= 0.3 is 5.97 Å². The van der Waals surface area contributed by atoms with E-state index in [0.717, 1.165) is 4.48 Å². The fraction of sp³-hybridized carbons (Fsp3) is 0.625. The first-order valence-corrected chi connectivity index (χ1v) is 4.53. The highest BCUT2D eigenvalue weighted by Gasteiger charge is 2.06. The Morgan fingerprint density at radius 1 is 1.58 bits per heavy atom. The molecule has 0 N–H and O–H groups in total. The normalized spacial score (nSPS) is 10.0. The van der Waals surface area contributed by atoms with Crippen LogP contribution in [0.25, 0.3) is 0 Å². The van der Waals surface area contributed by atoms with Gasteiger partial charge in [-0.1, -0.05) is 22.5 Å². The molecule has 0 bridgehead atoms. The summed E-state index contributed by atoms with van der Waals surface area (Å²) in [6, 6.07) is 0. The first kappa shape index (κ1) is 11.6. The zero-order valence-electron chi connectivity index (χ0n) is 7.47. The van der Waals surface area contributed by atoms with Gasteiger partial charge in [-0.2, -0.15) is 0 Å². The Balaban J connectivity index is 3.61. The molecule has 12 heavy (non-hydrogen) atoms. The van der Waals surface area contributed by atoms with Gasteiger partial charge in [-0.15, -0.1) is 0 Å². The molecule has 4 heteroatoms. The quantitative estimate of drug-likeness (QED) is 0.675. The van der Waals surface area contributed by atoms with Crippen LogP contribution >= 0.6 is 15.9 Å². The molecule has 0 aliphatic heterocycles. The third-order valence-corrected chi connectivity index (χ3v) is 1.40. The number of hydrogen-bond acceptors (Lipinski definition) is 3. The molecule has 0 aromatic carbocycles. The maximum atomic E-state index is 10.9. The van der Waals surface area contributed by atoms with Gasteiger partial charge in [-0.05, 0) is 14.0 Å². The number of nitrogens with zero attached hydrogens (tertiary/aromatic N) is 1. The number of carbonyl (C=O) groups excluding carboxylic acids is 1. The molecule has 0 aromatic heterocycles. The molecule has 0 radical (unpaired) electrons. The number of rotatable bonds is 5. The molecular formula is C8H14BrNO2. The van der Waals surface area contributed by atoms with Crippen LogP contribution in [-0.2, 0) is 9.53 Å². The fourth-order valence-electron chi connectivity index (χ4n) is 0.776. The van der Waals surface area contributed by atoms with Crippen molar-refractivity contribution in [1.82, 2.24) is 4.90 Å². The van der Waals surface area contributed by atoms with Crippen molar-refractivity contribution in [2.45, 2.75) is 6.92 Å². The maximum absolute atomic E-state index is 10.9. The summed E-state index contributed by atoms with van der Waals surface area (Å²) in [5, 5.41) is 0. The van der Waals surface area contributed by atoms with Crippen LogP contribution in [0.1, 0.15) is 6.92 Å². The van der Waals surface area contributed by atoms with E-state index in [9.17, 15) is 4.79 Å². The predicted molar refractivity (Wildman–Crippen MR) is 52.2 cm³/mol. The van der Waals surface area contributed by atoms with Gasteiger partial charge in [-0.3, -0.25) is 9.69 Å². The Labute approximate surface area is 81.5 Å². The van der Waals surface area contributed by atoms with E-state index in [1.807, 2.05) is 11.9 Å². The van der Waals surface area contributed by atoms with Crippen LogP contribution < -0.4 is 0 Å². The summed E-state index contributed by atoms with van der Waals surface area (Å²) in [7, 11) is 1.84. The first-order valence-electron chi connectivity index (χ1n) is 3.73. The van der Waals surface area contributed by atoms with Crippen molar-refractivity contribution in [2.24, 2.45) is 0 Å². The lowest BCUT2D eigenvalue weighted by molar-refractivity contribution is -0.143. The Morgan fingerprint density at radius 3 is 2.58 bits per heavy atom. The zero-order valence-corrected chi connectivity index (χ0v) is 9.06. The zero-order chi connectivity index (χ0) is 9.56. The largest absolute Gasteiger partial charge is 0.465 e. The van der Waals surface area contributed by atoms with Crippen molar-refractivity contribution in [2.75, 3.05) is 26.7 Å². The van der Waals surface area contributed by atoms with Crippen LogP contribution in [-0.4, -0.2) is 37.6 Å². The molecule has 0 saturated carbocycles. The lowest BCUT2D eigenvalue weighted by Gasteiger charge is -2.13. The molecule has 0 unspecified atom stereocenters. The van der Waals surface area contributed by atoms with Crippen molar-refractivity contribution in [3.63, 3.8) is 0 Å². The van der Waals surface area contributed by atoms with Gasteiger partial charge in [0.1, 0.15) is 0 Å². The summed E-state index contributed by atoms with van der Waals surface area (Å²) < 4.78 is 5.62. The van der Waals surface area contributed by atoms with Gasteiger partial charge in [0.2, 0.25) is 0 Å². The molecule has 0 heterocycles. The number of esters is 1. The van der Waals surface area contributed by atoms with Gasteiger partial charge in [0.05, 0.1) is 13.2 Å². The number of halogens is 1. The molecule has 0 aliphatic carbocycles. The van der Waals surface area contributed by atoms with Crippen LogP contribution in [0.4, 0.5) is 0 Å². The first-order chi connectivity index (χ1) is 5.56. The Morgan fingerprint density at radius 2 is 2.17 bits per heavy atom. The Hall–Kier alpha value is -0.350. The average molecular weight is 236 g/mol. The summed E-state index contributed by atoms with van der Waals surface area (Å²) in [5.74, 6) is -0.200. The van der Waals surface area contributed by atoms with Crippen LogP contribution in [0.2, 0.25) is 0 Å². The topological polar surface area (TPSA) is 29.5 Å². The van der Waals surface area contributed by atoms with Crippen LogP contribution in [0, 0.1) is 0 Å². The highest BCUT2D eigenvalue weighted by atomic mass is 79.9. The molecule has 3 nitrogen and oxygen atoms in total. The molecule has 0 amide bonds. The summed E-state index contributed by atoms with van der Waals surface area (Å²) in [4.78, 5) is 12.8. The molecule has 0 spiro atoms. The SMILES string of the molecule is C=C(Br)CN(C)CC(=O)OCC. The second-order valence-electron chi connectivity index (χ2n) is 2.49. The monoisotopic (exact) mass is 235 g/mol. The Kier molecular flexibility index (Phi) is 6.02. The molecule has 0 aromatic rings. The lowest BCUT2D eigenvalue weighted by Crippen LogP contribution is -2.28. The summed E-state index contributed by atoms with van der Waals surface area (Å²) >= 11 is 3.22. The second-order valence-corrected chi connectivity index (χ2v) is 3.62. The van der Waals surface area contributed by atoms with E-state index in [-0.39, 0.29) is 5.97 Å². The molecule has 0 rings (SSSR count). The van der Waals surface area contributed by atoms with Crippen molar-refractivity contribution in [3.8, 4) is 0 Å². The van der Waals surface area contributed by atoms with Crippen LogP contribution in [0.5, 0.6) is 0 Å². The molecule has 0 fully saturated rings. The van der Waals surface area contributed by atoms with E-state index < -0.39 is 0 Å². The standard InChI is InChI=1S/C8H14BrNO2/c1-4-12-8(11)6-10(3)5-7(2)9/h2,4-6H2,1,3H3. The van der Waals surface area contributed by atoms with Crippen molar-refractivity contribution < 1.29 is 9.53 Å². The van der Waals surface area contributed by atoms with Gasteiger partial charge in [0.25, 0.3) is 0 Å². The van der Waals surface area contributed by atoms with Crippen LogP contribution in [0.3, 0.4) is 0 Å². The van der Waals surface area contributed by atoms with E-state index >= 15 is 0 Å². The summed E-state index contributed by atoms with van der Waals surface area (Å²) in [6.07, 6.45) is 0. The van der Waals surface area contributed by atoms with Crippen molar-refractivity contribution in [1.29, 1.82) is 0 Å². The summed E-state index contributed by atoms with van der Waals surface area (Å²) in [6.45, 7) is 6.85. The number of ether oxygens (including phenoxy) is 1. The van der Waals surface area contributed by atoms with E-state index in [2.05, 4.69) is 22.5 Å². The lowest BCUT2D eigenvalue weighted by atomic mass is 10.5. The second kappa shape index (κ2) is 6.20. The van der Waals surface area contributed by atoms with Crippen molar-refractivity contribution in [3.05, 3.63) is 11.1 Å². The Bertz CT molecular complexity index is 170. The predicted octanol–water partition coefficient (Wildman–Crippen LogP) is 1.39. The van der Waals surface area contributed by atoms with Crippen LogP contribution in [0.15, 0.2) is 11.1 Å². The fourth-order valence-corrected chi connectivity index (χ4v) is 1.20. The molecule has 0 atom stereocenters. The average Bonchev–Trinajstić information content (AvgIpc) is 1.84. The smallest absolute Gasteiger partial charge is 0.320 e. The van der Waals surface area contributed by atoms with Gasteiger partial charge in [-0.25, -0.2) is 0 Å². The molecular weight excluding hydrogens is 222 g/mol. The highest BCUT2D eigenvalue weighted by molar-refractivity contribution is 9.11. The van der Waals surface area contributed by atoms with E-state index in [0.29, 0.717) is 19.7 Å². The van der Waals surface area contributed by atoms with E-state index in [1.165, 1.54) is 0 Å². The molecule has 0 aliphatic rings. The minimum atomic E-state index is -0.200. The third-order valence-electron chi connectivity index (χ3n) is 1.15. The maximum Gasteiger partial charge on any atom is 0.320 e. The minimum Gasteiger partial charge on any atom is -0.465 e. The van der Waals surface area contributed by atoms with Crippen molar-refractivity contribution >= 4 is 21.9 Å². The van der Waals surface area contributed by atoms with Gasteiger partial charge in [0.15, 0.2) is 0 Å².